The molecule has 0 unspecified atom stereocenters. The topological polar surface area (TPSA) is 0 Å². The van der Waals surface area contributed by atoms with Crippen LogP contribution in [0, 0.1) is 29.1 Å². The molecule has 0 saturated heterocycles. The summed E-state index contributed by atoms with van der Waals surface area (Å²) in [5, 5.41) is 0. The van der Waals surface area contributed by atoms with Gasteiger partial charge in [-0.15, -0.1) is 0 Å². The highest BCUT2D eigenvalue weighted by molar-refractivity contribution is 5.31. The molecule has 0 fully saturated rings. The number of halogens is 16. The molecule has 0 saturated carbocycles. The van der Waals surface area contributed by atoms with E-state index < -0.39 is 64.5 Å². The Hall–Kier alpha value is -1.90. The van der Waals surface area contributed by atoms with E-state index in [0.29, 0.717) is 0 Å². The van der Waals surface area contributed by atoms with Gasteiger partial charge in [-0.25, -0.2) is 22.0 Å². The van der Waals surface area contributed by atoms with Crippen LogP contribution in [-0.4, -0.2) is 23.9 Å². The summed E-state index contributed by atoms with van der Waals surface area (Å²) >= 11 is 0. The molecule has 0 aliphatic carbocycles. The van der Waals surface area contributed by atoms with E-state index in [4.69, 9.17) is 0 Å². The van der Waals surface area contributed by atoms with E-state index in [0.717, 1.165) is 0 Å². The van der Waals surface area contributed by atoms with Gasteiger partial charge in [0.15, 0.2) is 23.3 Å². The molecule has 0 aliphatic rings. The van der Waals surface area contributed by atoms with Crippen molar-refractivity contribution >= 4 is 0 Å². The Labute approximate surface area is 136 Å². The van der Waals surface area contributed by atoms with Crippen molar-refractivity contribution in [2.45, 2.75) is 29.9 Å². The zero-order valence-corrected chi connectivity index (χ0v) is 11.5. The van der Waals surface area contributed by atoms with E-state index in [1.54, 1.807) is 0 Å². The average molecular weight is 436 g/mol. The molecule has 0 aromatic heterocycles. The molecule has 0 amide bonds. The average Bonchev–Trinajstić information content (AvgIpc) is 2.49. The van der Waals surface area contributed by atoms with Crippen molar-refractivity contribution in [3.63, 3.8) is 0 Å². The van der Waals surface area contributed by atoms with Crippen molar-refractivity contribution in [1.82, 2.24) is 0 Å². The fourth-order valence-electron chi connectivity index (χ4n) is 1.61. The van der Waals surface area contributed by atoms with Gasteiger partial charge in [0.25, 0.3) is 0 Å². The molecule has 0 heterocycles. The van der Waals surface area contributed by atoms with Crippen LogP contribution in [0.3, 0.4) is 0 Å². The van der Waals surface area contributed by atoms with Crippen molar-refractivity contribution < 1.29 is 70.2 Å². The van der Waals surface area contributed by atoms with Crippen LogP contribution in [0.4, 0.5) is 70.2 Å². The smallest absolute Gasteiger partial charge is 0.203 e. The summed E-state index contributed by atoms with van der Waals surface area (Å²) in [5.74, 6) is -49.0. The second kappa shape index (κ2) is 6.05. The summed E-state index contributed by atoms with van der Waals surface area (Å²) in [6, 6.07) is 0. The van der Waals surface area contributed by atoms with Crippen LogP contribution in [0.15, 0.2) is 0 Å². The van der Waals surface area contributed by atoms with Crippen LogP contribution < -0.4 is 0 Å². The lowest BCUT2D eigenvalue weighted by Gasteiger charge is -2.37. The fourth-order valence-corrected chi connectivity index (χ4v) is 1.61. The zero-order valence-electron chi connectivity index (χ0n) is 11.5. The van der Waals surface area contributed by atoms with Gasteiger partial charge in [0, 0.05) is 0 Å². The summed E-state index contributed by atoms with van der Waals surface area (Å²) in [5.41, 5.74) is -4.03. The molecule has 27 heavy (non-hydrogen) atoms. The Kier molecular flexibility index (Phi) is 5.19. The van der Waals surface area contributed by atoms with Crippen LogP contribution >= 0.6 is 0 Å². The summed E-state index contributed by atoms with van der Waals surface area (Å²) in [7, 11) is 0. The van der Waals surface area contributed by atoms with Crippen LogP contribution in [0.25, 0.3) is 0 Å². The SMILES string of the molecule is Fc1c(F)c(F)c(C(F)(F)C(F)(F)C(F)(F)C(F)(F)C(F)(F)F)c(F)c1F. The maximum Gasteiger partial charge on any atom is 0.460 e. The van der Waals surface area contributed by atoms with Gasteiger partial charge >= 0.3 is 29.9 Å². The molecule has 0 N–H and O–H groups in total. The molecular formula is C11F16. The minimum atomic E-state index is -8.08. The lowest BCUT2D eigenvalue weighted by Crippen LogP contribution is -2.65. The summed E-state index contributed by atoms with van der Waals surface area (Å²) in [6.07, 6.45) is -7.56. The van der Waals surface area contributed by atoms with Gasteiger partial charge < -0.3 is 0 Å². The molecule has 0 aliphatic heterocycles. The zero-order chi connectivity index (χ0) is 22.0. The Morgan fingerprint density at radius 1 is 0.370 bits per heavy atom. The van der Waals surface area contributed by atoms with Gasteiger partial charge in [-0.2, -0.15) is 48.3 Å². The van der Waals surface area contributed by atoms with Crippen molar-refractivity contribution in [1.29, 1.82) is 0 Å². The number of alkyl halides is 11. The predicted octanol–water partition coefficient (Wildman–Crippen LogP) is 5.94. The Morgan fingerprint density at radius 3 is 0.963 bits per heavy atom. The Bertz CT molecular complexity index is 713. The van der Waals surface area contributed by atoms with Gasteiger partial charge in [-0.1, -0.05) is 0 Å². The molecule has 0 spiro atoms. The first-order chi connectivity index (χ1) is 11.7. The molecule has 1 rings (SSSR count). The summed E-state index contributed by atoms with van der Waals surface area (Å²) in [6.45, 7) is 0. The lowest BCUT2D eigenvalue weighted by atomic mass is 9.92. The number of hydrogen-bond acceptors (Lipinski definition) is 0. The highest BCUT2D eigenvalue weighted by atomic mass is 19.4. The van der Waals surface area contributed by atoms with E-state index in [2.05, 4.69) is 0 Å². The third kappa shape index (κ3) is 2.86. The van der Waals surface area contributed by atoms with Gasteiger partial charge in [-0.05, 0) is 0 Å². The van der Waals surface area contributed by atoms with Crippen LogP contribution in [0.1, 0.15) is 5.56 Å². The fraction of sp³-hybridized carbons (Fsp3) is 0.455. The summed E-state index contributed by atoms with van der Waals surface area (Å²) in [4.78, 5) is 0. The van der Waals surface area contributed by atoms with E-state index in [1.807, 2.05) is 0 Å². The normalized spacial score (nSPS) is 14.7. The molecule has 0 radical (unpaired) electrons. The predicted molar refractivity (Wildman–Crippen MR) is 51.0 cm³/mol. The first-order valence-corrected chi connectivity index (χ1v) is 5.77. The quantitative estimate of drug-likeness (QED) is 0.311. The van der Waals surface area contributed by atoms with Gasteiger partial charge in [0.05, 0.1) is 0 Å². The monoisotopic (exact) mass is 436 g/mol. The molecule has 0 bridgehead atoms. The molecule has 1 aromatic carbocycles. The Balaban J connectivity index is 3.84. The first kappa shape index (κ1) is 23.1. The maximum atomic E-state index is 13.5. The second-order valence-corrected chi connectivity index (χ2v) is 4.74. The lowest BCUT2D eigenvalue weighted by molar-refractivity contribution is -0.425. The number of benzene rings is 1. The van der Waals surface area contributed by atoms with Crippen molar-refractivity contribution in [2.75, 3.05) is 0 Å². The number of hydrogen-bond donors (Lipinski definition) is 0. The van der Waals surface area contributed by atoms with Gasteiger partial charge in [-0.3, -0.25) is 0 Å². The third-order valence-corrected chi connectivity index (χ3v) is 3.06. The van der Waals surface area contributed by atoms with Crippen molar-refractivity contribution in [3.8, 4) is 0 Å². The summed E-state index contributed by atoms with van der Waals surface area (Å²) < 4.78 is 205. The second-order valence-electron chi connectivity index (χ2n) is 4.74. The van der Waals surface area contributed by atoms with Crippen LogP contribution in [-0.2, 0) is 5.92 Å². The number of rotatable bonds is 4. The molecule has 16 heteroatoms. The van der Waals surface area contributed by atoms with E-state index in [1.165, 1.54) is 0 Å². The van der Waals surface area contributed by atoms with Gasteiger partial charge in [0.1, 0.15) is 5.56 Å². The van der Waals surface area contributed by atoms with Crippen molar-refractivity contribution in [2.24, 2.45) is 0 Å². The van der Waals surface area contributed by atoms with E-state index in [-0.39, 0.29) is 0 Å². The highest BCUT2D eigenvalue weighted by Crippen LogP contribution is 2.60. The first-order valence-electron chi connectivity index (χ1n) is 5.77. The molecule has 1 aromatic rings. The van der Waals surface area contributed by atoms with Crippen molar-refractivity contribution in [3.05, 3.63) is 34.6 Å². The standard InChI is InChI=1S/C11F16/c12-2-1(3(13)5(15)6(16)4(2)14)7(17,18)8(19,20)9(21,22)10(23,24)11(25,26)27. The van der Waals surface area contributed by atoms with Gasteiger partial charge in [0.2, 0.25) is 5.82 Å². The van der Waals surface area contributed by atoms with Crippen LogP contribution in [0.5, 0.6) is 0 Å². The van der Waals surface area contributed by atoms with Crippen LogP contribution in [0.2, 0.25) is 0 Å². The minimum absolute atomic E-state index is 3.22. The minimum Gasteiger partial charge on any atom is -0.203 e. The maximum absolute atomic E-state index is 13.5. The third-order valence-electron chi connectivity index (χ3n) is 3.06. The molecular weight excluding hydrogens is 436 g/mol. The Morgan fingerprint density at radius 2 is 0.667 bits per heavy atom. The highest BCUT2D eigenvalue weighted by Gasteiger charge is 2.87. The van der Waals surface area contributed by atoms with E-state index in [9.17, 15) is 70.2 Å². The molecule has 0 nitrogen and oxygen atoms in total. The largest absolute Gasteiger partial charge is 0.460 e. The molecule has 156 valence electrons. The van der Waals surface area contributed by atoms with E-state index >= 15 is 0 Å². The molecule has 0 atom stereocenters.